The number of unbranched alkanes of at least 4 members (excludes halogenated alkanes) is 28. The van der Waals surface area contributed by atoms with Gasteiger partial charge in [-0.1, -0.05) is 214 Å². The Morgan fingerprint density at radius 2 is 0.635 bits per heavy atom. The summed E-state index contributed by atoms with van der Waals surface area (Å²) in [5.74, 6) is -0.0492. The van der Waals surface area contributed by atoms with E-state index < -0.39 is 6.10 Å². The molecule has 6 nitrogen and oxygen atoms in total. The fraction of sp³-hybridized carbons (Fsp3) is 0.935. The average Bonchev–Trinajstić information content (AvgIpc) is 3.12. The Hall–Kier alpha value is -1.59. The van der Waals surface area contributed by atoms with E-state index in [0.717, 1.165) is 70.1 Å². The fourth-order valence-corrected chi connectivity index (χ4v) is 6.80. The Morgan fingerprint density at radius 1 is 0.365 bits per heavy atom. The van der Waals surface area contributed by atoms with Gasteiger partial charge in [0, 0.05) is 19.3 Å². The Balaban J connectivity index is 4.17. The number of ether oxygens (including phenoxy) is 3. The summed E-state index contributed by atoms with van der Waals surface area (Å²) >= 11 is 0. The molecule has 0 rings (SSSR count). The van der Waals surface area contributed by atoms with Crippen molar-refractivity contribution in [2.24, 2.45) is 5.92 Å². The number of esters is 3. The van der Waals surface area contributed by atoms with Crippen LogP contribution < -0.4 is 0 Å². The normalized spacial score (nSPS) is 11.9. The van der Waals surface area contributed by atoms with Crippen molar-refractivity contribution in [3.05, 3.63) is 0 Å². The van der Waals surface area contributed by atoms with Gasteiger partial charge in [0.1, 0.15) is 13.2 Å². The molecule has 0 unspecified atom stereocenters. The molecular formula is C46H88O6. The molecule has 0 heterocycles. The zero-order valence-corrected chi connectivity index (χ0v) is 35.3. The second-order valence-electron chi connectivity index (χ2n) is 16.2. The molecule has 6 heteroatoms. The van der Waals surface area contributed by atoms with Crippen LogP contribution in [0.1, 0.15) is 252 Å². The van der Waals surface area contributed by atoms with Gasteiger partial charge in [0.2, 0.25) is 0 Å². The van der Waals surface area contributed by atoms with Crippen molar-refractivity contribution >= 4 is 17.9 Å². The molecule has 0 aliphatic rings. The van der Waals surface area contributed by atoms with Crippen molar-refractivity contribution in [1.82, 2.24) is 0 Å². The van der Waals surface area contributed by atoms with Crippen molar-refractivity contribution < 1.29 is 28.6 Å². The molecule has 0 bridgehead atoms. The highest BCUT2D eigenvalue weighted by Gasteiger charge is 2.19. The van der Waals surface area contributed by atoms with Crippen molar-refractivity contribution in [1.29, 1.82) is 0 Å². The van der Waals surface area contributed by atoms with Crippen molar-refractivity contribution in [2.45, 2.75) is 259 Å². The van der Waals surface area contributed by atoms with Gasteiger partial charge >= 0.3 is 17.9 Å². The Labute approximate surface area is 323 Å². The summed E-state index contributed by atoms with van der Waals surface area (Å²) in [7, 11) is 0. The summed E-state index contributed by atoms with van der Waals surface area (Å²) in [6, 6.07) is 0. The lowest BCUT2D eigenvalue weighted by Crippen LogP contribution is -2.30. The lowest BCUT2D eigenvalue weighted by atomic mass is 10.0. The first-order valence-corrected chi connectivity index (χ1v) is 22.9. The van der Waals surface area contributed by atoms with Crippen LogP contribution in [0.2, 0.25) is 0 Å². The van der Waals surface area contributed by atoms with Gasteiger partial charge in [-0.15, -0.1) is 0 Å². The topological polar surface area (TPSA) is 78.9 Å². The smallest absolute Gasteiger partial charge is 0.306 e. The molecule has 0 N–H and O–H groups in total. The van der Waals surface area contributed by atoms with Crippen LogP contribution in [0, 0.1) is 5.92 Å². The molecule has 52 heavy (non-hydrogen) atoms. The van der Waals surface area contributed by atoms with E-state index in [2.05, 4.69) is 27.7 Å². The van der Waals surface area contributed by atoms with Gasteiger partial charge in [-0.3, -0.25) is 14.4 Å². The van der Waals surface area contributed by atoms with E-state index in [1.807, 2.05) is 0 Å². The van der Waals surface area contributed by atoms with Gasteiger partial charge in [-0.25, -0.2) is 0 Å². The van der Waals surface area contributed by atoms with Crippen LogP contribution in [-0.2, 0) is 28.6 Å². The maximum Gasteiger partial charge on any atom is 0.306 e. The van der Waals surface area contributed by atoms with Crippen LogP contribution in [-0.4, -0.2) is 37.2 Å². The summed E-state index contributed by atoms with van der Waals surface area (Å²) in [6.07, 6.45) is 39.7. The Kier molecular flexibility index (Phi) is 39.4. The zero-order chi connectivity index (χ0) is 38.2. The molecule has 0 aliphatic heterocycles. The molecule has 308 valence electrons. The van der Waals surface area contributed by atoms with E-state index in [1.165, 1.54) is 141 Å². The van der Waals surface area contributed by atoms with E-state index in [4.69, 9.17) is 14.2 Å². The average molecular weight is 737 g/mol. The SMILES string of the molecule is CCCCCCCCCCCCCCCCCCC(=O)O[C@@H](COC(=O)CCCCCCC)COC(=O)CCCCCCCCCCCCC(C)C. The van der Waals surface area contributed by atoms with Crippen molar-refractivity contribution in [3.8, 4) is 0 Å². The lowest BCUT2D eigenvalue weighted by molar-refractivity contribution is -0.167. The van der Waals surface area contributed by atoms with Crippen molar-refractivity contribution in [2.75, 3.05) is 13.2 Å². The summed E-state index contributed by atoms with van der Waals surface area (Å²) < 4.78 is 16.6. The highest BCUT2D eigenvalue weighted by molar-refractivity contribution is 5.71. The number of hydrogen-bond acceptors (Lipinski definition) is 6. The molecule has 0 aromatic heterocycles. The van der Waals surface area contributed by atoms with Crippen LogP contribution in [0.3, 0.4) is 0 Å². The molecule has 0 aromatic rings. The molecule has 0 spiro atoms. The number of carbonyl (C=O) groups excluding carboxylic acids is 3. The molecule has 0 amide bonds. The van der Waals surface area contributed by atoms with E-state index >= 15 is 0 Å². The largest absolute Gasteiger partial charge is 0.462 e. The van der Waals surface area contributed by atoms with Gasteiger partial charge in [-0.05, 0) is 25.2 Å². The second kappa shape index (κ2) is 40.6. The second-order valence-corrected chi connectivity index (χ2v) is 16.2. The molecule has 0 fully saturated rings. The minimum absolute atomic E-state index is 0.0650. The summed E-state index contributed by atoms with van der Waals surface area (Å²) in [6.45, 7) is 8.91. The molecule has 0 saturated heterocycles. The summed E-state index contributed by atoms with van der Waals surface area (Å²) in [4.78, 5) is 37.5. The quantitative estimate of drug-likeness (QED) is 0.0353. The van der Waals surface area contributed by atoms with Gasteiger partial charge < -0.3 is 14.2 Å². The minimum atomic E-state index is -0.757. The van der Waals surface area contributed by atoms with Crippen LogP contribution >= 0.6 is 0 Å². The predicted molar refractivity (Wildman–Crippen MR) is 220 cm³/mol. The van der Waals surface area contributed by atoms with Gasteiger partial charge in [0.25, 0.3) is 0 Å². The number of carbonyl (C=O) groups is 3. The third kappa shape index (κ3) is 39.6. The first-order valence-electron chi connectivity index (χ1n) is 22.9. The third-order valence-electron chi connectivity index (χ3n) is 10.3. The van der Waals surface area contributed by atoms with E-state index in [9.17, 15) is 14.4 Å². The van der Waals surface area contributed by atoms with Gasteiger partial charge in [0.05, 0.1) is 0 Å². The zero-order valence-electron chi connectivity index (χ0n) is 35.3. The van der Waals surface area contributed by atoms with Crippen molar-refractivity contribution in [3.63, 3.8) is 0 Å². The predicted octanol–water partition coefficient (Wildman–Crippen LogP) is 14.3. The maximum atomic E-state index is 12.7. The van der Waals surface area contributed by atoms with E-state index in [1.54, 1.807) is 0 Å². The maximum absolute atomic E-state index is 12.7. The van der Waals surface area contributed by atoms with E-state index in [0.29, 0.717) is 19.3 Å². The number of hydrogen-bond donors (Lipinski definition) is 0. The number of rotatable bonds is 41. The van der Waals surface area contributed by atoms with Crippen LogP contribution in [0.5, 0.6) is 0 Å². The lowest BCUT2D eigenvalue weighted by Gasteiger charge is -2.18. The molecule has 1 atom stereocenters. The molecule has 0 radical (unpaired) electrons. The molecule has 0 aliphatic carbocycles. The Morgan fingerprint density at radius 3 is 0.942 bits per heavy atom. The molecule has 0 saturated carbocycles. The Bertz CT molecular complexity index is 781. The fourth-order valence-electron chi connectivity index (χ4n) is 6.80. The highest BCUT2D eigenvalue weighted by atomic mass is 16.6. The van der Waals surface area contributed by atoms with Crippen LogP contribution in [0.15, 0.2) is 0 Å². The van der Waals surface area contributed by atoms with Crippen LogP contribution in [0.25, 0.3) is 0 Å². The highest BCUT2D eigenvalue weighted by Crippen LogP contribution is 2.16. The standard InChI is InChI=1S/C46H88O6/c1-5-7-9-11-12-13-14-15-16-17-18-19-24-27-31-35-39-46(49)52-43(40-50-44(47)37-33-28-10-8-6-2)41-51-45(48)38-34-30-26-23-21-20-22-25-29-32-36-42(3)4/h42-43H,5-41H2,1-4H3/t43-/m0/s1. The first kappa shape index (κ1) is 50.4. The van der Waals surface area contributed by atoms with Gasteiger partial charge in [-0.2, -0.15) is 0 Å². The first-order chi connectivity index (χ1) is 25.4. The third-order valence-corrected chi connectivity index (χ3v) is 10.3. The van der Waals surface area contributed by atoms with Gasteiger partial charge in [0.15, 0.2) is 6.10 Å². The summed E-state index contributed by atoms with van der Waals surface area (Å²) in [5.41, 5.74) is 0. The van der Waals surface area contributed by atoms with Crippen LogP contribution in [0.4, 0.5) is 0 Å². The molecule has 0 aromatic carbocycles. The summed E-state index contributed by atoms with van der Waals surface area (Å²) in [5, 5.41) is 0. The monoisotopic (exact) mass is 737 g/mol. The van der Waals surface area contributed by atoms with E-state index in [-0.39, 0.29) is 31.1 Å². The molecular weight excluding hydrogens is 648 g/mol. The minimum Gasteiger partial charge on any atom is -0.462 e.